The van der Waals surface area contributed by atoms with Crippen LogP contribution in [-0.2, 0) is 0 Å². The van der Waals surface area contributed by atoms with E-state index in [0.29, 0.717) is 22.0 Å². The van der Waals surface area contributed by atoms with Crippen LogP contribution in [0.5, 0.6) is 0 Å². The van der Waals surface area contributed by atoms with Crippen molar-refractivity contribution in [3.05, 3.63) is 56.6 Å². The van der Waals surface area contributed by atoms with Crippen LogP contribution >= 0.6 is 34.2 Å². The average molecular weight is 373 g/mol. The summed E-state index contributed by atoms with van der Waals surface area (Å²) in [5, 5.41) is 3.16. The van der Waals surface area contributed by atoms with Crippen molar-refractivity contribution in [1.82, 2.24) is 0 Å². The second kappa shape index (κ2) is 5.58. The second-order valence-electron chi connectivity index (χ2n) is 3.64. The van der Waals surface area contributed by atoms with E-state index in [1.54, 1.807) is 24.3 Å². The lowest BCUT2D eigenvalue weighted by molar-refractivity contribution is 0.102. The number of benzene rings is 2. The molecule has 0 aliphatic rings. The molecule has 3 N–H and O–H groups in total. The van der Waals surface area contributed by atoms with Crippen LogP contribution in [0.2, 0.25) is 5.02 Å². The summed E-state index contributed by atoms with van der Waals surface area (Å²) in [6, 6.07) is 12.4. The Hall–Kier alpha value is -1.27. The lowest BCUT2D eigenvalue weighted by atomic mass is 10.2. The van der Waals surface area contributed by atoms with E-state index < -0.39 is 0 Å². The molecule has 0 bridgehead atoms. The van der Waals surface area contributed by atoms with Gasteiger partial charge >= 0.3 is 0 Å². The molecular weight excluding hydrogens is 363 g/mol. The predicted octanol–water partition coefficient (Wildman–Crippen LogP) is 3.78. The monoisotopic (exact) mass is 372 g/mol. The Balaban J connectivity index is 2.30. The number of nitrogen functional groups attached to an aromatic ring is 1. The quantitative estimate of drug-likeness (QED) is 0.623. The molecule has 18 heavy (non-hydrogen) atoms. The van der Waals surface area contributed by atoms with E-state index in [9.17, 15) is 4.79 Å². The molecule has 0 aliphatic carbocycles. The Labute approximate surface area is 123 Å². The van der Waals surface area contributed by atoms with Gasteiger partial charge in [0.05, 0.1) is 22.0 Å². The molecule has 2 aromatic carbocycles. The zero-order valence-corrected chi connectivity index (χ0v) is 12.2. The summed E-state index contributed by atoms with van der Waals surface area (Å²) >= 11 is 8.11. The topological polar surface area (TPSA) is 55.1 Å². The largest absolute Gasteiger partial charge is 0.397 e. The standard InChI is InChI=1S/C13H10ClIN2O/c14-9-5-3-7-11(16)12(9)17-13(18)8-4-1-2-6-10(8)15/h1-7H,16H2,(H,17,18). The third-order valence-corrected chi connectivity index (χ3v) is 3.66. The maximum Gasteiger partial charge on any atom is 0.256 e. The highest BCUT2D eigenvalue weighted by Crippen LogP contribution is 2.28. The van der Waals surface area contributed by atoms with Gasteiger partial charge in [-0.15, -0.1) is 0 Å². The number of rotatable bonds is 2. The molecule has 2 aromatic rings. The number of carbonyl (C=O) groups is 1. The molecular formula is C13H10ClIN2O. The third kappa shape index (κ3) is 2.76. The number of amides is 1. The first-order chi connectivity index (χ1) is 8.59. The first kappa shape index (κ1) is 13.2. The summed E-state index contributed by atoms with van der Waals surface area (Å²) in [5.74, 6) is -0.222. The van der Waals surface area contributed by atoms with Gasteiger partial charge < -0.3 is 11.1 Å². The van der Waals surface area contributed by atoms with Crippen LogP contribution in [0.3, 0.4) is 0 Å². The second-order valence-corrected chi connectivity index (χ2v) is 5.21. The van der Waals surface area contributed by atoms with E-state index in [4.69, 9.17) is 17.3 Å². The molecule has 0 saturated carbocycles. The number of anilines is 2. The molecule has 3 nitrogen and oxygen atoms in total. The van der Waals surface area contributed by atoms with Crippen LogP contribution in [0.15, 0.2) is 42.5 Å². The van der Waals surface area contributed by atoms with Gasteiger partial charge in [0.25, 0.3) is 5.91 Å². The Morgan fingerprint density at radius 2 is 1.89 bits per heavy atom. The average Bonchev–Trinajstić information content (AvgIpc) is 2.34. The van der Waals surface area contributed by atoms with Crippen molar-refractivity contribution in [3.63, 3.8) is 0 Å². The Bertz CT molecular complexity index is 581. The van der Waals surface area contributed by atoms with E-state index in [1.807, 2.05) is 18.2 Å². The number of hydrogen-bond donors (Lipinski definition) is 2. The first-order valence-electron chi connectivity index (χ1n) is 5.19. The Morgan fingerprint density at radius 1 is 1.17 bits per heavy atom. The van der Waals surface area contributed by atoms with Gasteiger partial charge in [-0.1, -0.05) is 29.8 Å². The predicted molar refractivity (Wildman–Crippen MR) is 83.0 cm³/mol. The van der Waals surface area contributed by atoms with Gasteiger partial charge in [-0.25, -0.2) is 0 Å². The van der Waals surface area contributed by atoms with Crippen LogP contribution < -0.4 is 11.1 Å². The molecule has 0 radical (unpaired) electrons. The maximum atomic E-state index is 12.1. The van der Waals surface area contributed by atoms with Crippen molar-refractivity contribution in [3.8, 4) is 0 Å². The van der Waals surface area contributed by atoms with Crippen molar-refractivity contribution in [2.24, 2.45) is 0 Å². The molecule has 0 aromatic heterocycles. The fourth-order valence-electron chi connectivity index (χ4n) is 1.50. The highest BCUT2D eigenvalue weighted by atomic mass is 127. The summed E-state index contributed by atoms with van der Waals surface area (Å²) in [6.45, 7) is 0. The summed E-state index contributed by atoms with van der Waals surface area (Å²) in [7, 11) is 0. The van der Waals surface area contributed by atoms with Crippen molar-refractivity contribution >= 4 is 51.5 Å². The highest BCUT2D eigenvalue weighted by Gasteiger charge is 2.12. The molecule has 92 valence electrons. The zero-order chi connectivity index (χ0) is 13.1. The summed E-state index contributed by atoms with van der Waals surface area (Å²) in [5.41, 5.74) is 7.27. The van der Waals surface area contributed by atoms with Crippen LogP contribution in [-0.4, -0.2) is 5.91 Å². The van der Waals surface area contributed by atoms with Crippen LogP contribution in [0.1, 0.15) is 10.4 Å². The smallest absolute Gasteiger partial charge is 0.256 e. The molecule has 0 atom stereocenters. The first-order valence-corrected chi connectivity index (χ1v) is 6.65. The van der Waals surface area contributed by atoms with Crippen LogP contribution in [0.4, 0.5) is 11.4 Å². The minimum Gasteiger partial charge on any atom is -0.397 e. The summed E-state index contributed by atoms with van der Waals surface area (Å²) < 4.78 is 0.873. The number of halogens is 2. The van der Waals surface area contributed by atoms with Crippen molar-refractivity contribution in [1.29, 1.82) is 0 Å². The lowest BCUT2D eigenvalue weighted by Gasteiger charge is -2.10. The van der Waals surface area contributed by atoms with E-state index >= 15 is 0 Å². The molecule has 0 aliphatic heterocycles. The molecule has 0 unspecified atom stereocenters. The Kier molecular flexibility index (Phi) is 4.08. The number of nitrogens with one attached hydrogen (secondary N) is 1. The van der Waals surface area contributed by atoms with Crippen molar-refractivity contribution < 1.29 is 4.79 Å². The van der Waals surface area contributed by atoms with E-state index in [-0.39, 0.29) is 5.91 Å². The Morgan fingerprint density at radius 3 is 2.56 bits per heavy atom. The maximum absolute atomic E-state index is 12.1. The minimum atomic E-state index is -0.222. The molecule has 0 spiro atoms. The molecule has 0 fully saturated rings. The number of hydrogen-bond acceptors (Lipinski definition) is 2. The van der Waals surface area contributed by atoms with Gasteiger partial charge in [0.2, 0.25) is 0 Å². The SMILES string of the molecule is Nc1cccc(Cl)c1NC(=O)c1ccccc1I. The van der Waals surface area contributed by atoms with E-state index in [2.05, 4.69) is 27.9 Å². The molecule has 5 heteroatoms. The fraction of sp³-hybridized carbons (Fsp3) is 0. The van der Waals surface area contributed by atoms with Crippen molar-refractivity contribution in [2.75, 3.05) is 11.1 Å². The van der Waals surface area contributed by atoms with E-state index in [1.165, 1.54) is 0 Å². The number of para-hydroxylation sites is 1. The van der Waals surface area contributed by atoms with Crippen LogP contribution in [0.25, 0.3) is 0 Å². The summed E-state index contributed by atoms with van der Waals surface area (Å²) in [6.07, 6.45) is 0. The third-order valence-electron chi connectivity index (χ3n) is 2.40. The van der Waals surface area contributed by atoms with E-state index in [0.717, 1.165) is 3.57 Å². The van der Waals surface area contributed by atoms with Crippen molar-refractivity contribution in [2.45, 2.75) is 0 Å². The van der Waals surface area contributed by atoms with Gasteiger partial charge in [0, 0.05) is 3.57 Å². The normalized spacial score (nSPS) is 10.1. The molecule has 2 rings (SSSR count). The number of nitrogens with two attached hydrogens (primary N) is 1. The van der Waals surface area contributed by atoms with Gasteiger partial charge in [0.15, 0.2) is 0 Å². The van der Waals surface area contributed by atoms with Gasteiger partial charge in [-0.3, -0.25) is 4.79 Å². The van der Waals surface area contributed by atoms with Gasteiger partial charge in [-0.2, -0.15) is 0 Å². The molecule has 0 heterocycles. The number of carbonyl (C=O) groups excluding carboxylic acids is 1. The van der Waals surface area contributed by atoms with Gasteiger partial charge in [0.1, 0.15) is 0 Å². The lowest BCUT2D eigenvalue weighted by Crippen LogP contribution is -2.14. The minimum absolute atomic E-state index is 0.222. The fourth-order valence-corrected chi connectivity index (χ4v) is 2.36. The molecule has 0 saturated heterocycles. The highest BCUT2D eigenvalue weighted by molar-refractivity contribution is 14.1. The zero-order valence-electron chi connectivity index (χ0n) is 9.28. The van der Waals surface area contributed by atoms with Crippen LogP contribution in [0, 0.1) is 3.57 Å². The summed E-state index contributed by atoms with van der Waals surface area (Å²) in [4.78, 5) is 12.1. The van der Waals surface area contributed by atoms with Gasteiger partial charge in [-0.05, 0) is 46.9 Å². The molecule has 1 amide bonds.